The lowest BCUT2D eigenvalue weighted by molar-refractivity contribution is 0.0697. The van der Waals surface area contributed by atoms with Gasteiger partial charge in [-0.25, -0.2) is 26.4 Å². The van der Waals surface area contributed by atoms with Gasteiger partial charge in [-0.2, -0.15) is 0 Å². The number of sulfonamides is 1. The van der Waals surface area contributed by atoms with Gasteiger partial charge in [-0.1, -0.05) is 18.2 Å². The van der Waals surface area contributed by atoms with Crippen molar-refractivity contribution < 1.29 is 26.7 Å². The van der Waals surface area contributed by atoms with E-state index in [1.807, 2.05) is 0 Å². The van der Waals surface area contributed by atoms with Gasteiger partial charge in [0, 0.05) is 5.41 Å². The van der Waals surface area contributed by atoms with Gasteiger partial charge in [0.15, 0.2) is 9.84 Å². The third-order valence-electron chi connectivity index (χ3n) is 2.82. The molecule has 0 aliphatic carbocycles. The molecule has 2 rings (SSSR count). The number of carboxylic acid groups (broad SMARTS) is 1. The van der Waals surface area contributed by atoms with Crippen molar-refractivity contribution in [1.82, 2.24) is 4.72 Å². The molecule has 9 heteroatoms. The highest BCUT2D eigenvalue weighted by Crippen LogP contribution is 2.12. The van der Waals surface area contributed by atoms with Crippen LogP contribution in [0.1, 0.15) is 15.9 Å². The first kappa shape index (κ1) is 15.7. The standard InChI is InChI=1S/C12H13NO6S2/c14-12(15)10-3-1-9(2-4-10)7-21(18,19)13-11-5-6-20(16,17)8-11/h1-6,11,13H,7-8H2,(H,14,15). The van der Waals surface area contributed by atoms with Gasteiger partial charge in [0.25, 0.3) is 0 Å². The third-order valence-corrected chi connectivity index (χ3v) is 5.59. The number of aromatic carboxylic acids is 1. The van der Waals surface area contributed by atoms with E-state index in [-0.39, 0.29) is 17.1 Å². The second-order valence-electron chi connectivity index (χ2n) is 4.64. The highest BCUT2D eigenvalue weighted by Gasteiger charge is 2.25. The molecule has 21 heavy (non-hydrogen) atoms. The Kier molecular flexibility index (Phi) is 4.17. The molecule has 7 nitrogen and oxygen atoms in total. The van der Waals surface area contributed by atoms with Gasteiger partial charge in [0.1, 0.15) is 0 Å². The van der Waals surface area contributed by atoms with Crippen molar-refractivity contribution in [3.63, 3.8) is 0 Å². The maximum atomic E-state index is 11.9. The summed E-state index contributed by atoms with van der Waals surface area (Å²) in [4.78, 5) is 10.7. The summed E-state index contributed by atoms with van der Waals surface area (Å²) in [6, 6.07) is 4.67. The predicted molar refractivity (Wildman–Crippen MR) is 75.9 cm³/mol. The molecular formula is C12H13NO6S2. The zero-order valence-corrected chi connectivity index (χ0v) is 12.4. The predicted octanol–water partition coefficient (Wildman–Crippen LogP) is 0.115. The fraction of sp³-hybridized carbons (Fsp3) is 0.250. The van der Waals surface area contributed by atoms with Crippen LogP contribution in [-0.2, 0) is 25.6 Å². The number of rotatable bonds is 5. The lowest BCUT2D eigenvalue weighted by Gasteiger charge is -2.11. The minimum atomic E-state index is -3.71. The molecule has 2 N–H and O–H groups in total. The van der Waals surface area contributed by atoms with E-state index in [2.05, 4.69) is 4.72 Å². The van der Waals surface area contributed by atoms with Gasteiger partial charge in [0.05, 0.1) is 23.1 Å². The maximum Gasteiger partial charge on any atom is 0.335 e. The highest BCUT2D eigenvalue weighted by atomic mass is 32.2. The molecule has 1 atom stereocenters. The quantitative estimate of drug-likeness (QED) is 0.791. The van der Waals surface area contributed by atoms with Crippen LogP contribution in [0.3, 0.4) is 0 Å². The van der Waals surface area contributed by atoms with E-state index in [0.717, 1.165) is 5.41 Å². The Hall–Kier alpha value is -1.71. The summed E-state index contributed by atoms with van der Waals surface area (Å²) in [6.45, 7) is 0. The first-order chi connectivity index (χ1) is 9.67. The third kappa shape index (κ3) is 4.38. The van der Waals surface area contributed by atoms with Crippen molar-refractivity contribution in [2.45, 2.75) is 11.8 Å². The number of nitrogens with one attached hydrogen (secondary N) is 1. The molecule has 1 heterocycles. The molecule has 0 saturated heterocycles. The molecule has 0 fully saturated rings. The van der Waals surface area contributed by atoms with Crippen LogP contribution < -0.4 is 4.72 Å². The van der Waals surface area contributed by atoms with Crippen LogP contribution in [-0.4, -0.2) is 39.7 Å². The van der Waals surface area contributed by atoms with Gasteiger partial charge < -0.3 is 5.11 Å². The molecule has 0 amide bonds. The fourth-order valence-corrected chi connectivity index (χ4v) is 4.56. The van der Waals surface area contributed by atoms with Gasteiger partial charge in [-0.3, -0.25) is 0 Å². The zero-order chi connectivity index (χ0) is 15.7. The Morgan fingerprint density at radius 1 is 1.29 bits per heavy atom. The van der Waals surface area contributed by atoms with Crippen molar-refractivity contribution in [1.29, 1.82) is 0 Å². The summed E-state index contributed by atoms with van der Waals surface area (Å²) in [5.41, 5.74) is 0.478. The van der Waals surface area contributed by atoms with Crippen LogP contribution in [0.4, 0.5) is 0 Å². The monoisotopic (exact) mass is 331 g/mol. The lowest BCUT2D eigenvalue weighted by atomic mass is 10.1. The van der Waals surface area contributed by atoms with Gasteiger partial charge in [-0.05, 0) is 17.7 Å². The molecule has 0 spiro atoms. The van der Waals surface area contributed by atoms with E-state index < -0.39 is 31.9 Å². The summed E-state index contributed by atoms with van der Waals surface area (Å²) >= 11 is 0. The van der Waals surface area contributed by atoms with Crippen LogP contribution in [0.5, 0.6) is 0 Å². The largest absolute Gasteiger partial charge is 0.478 e. The minimum Gasteiger partial charge on any atom is -0.478 e. The molecule has 1 unspecified atom stereocenters. The Morgan fingerprint density at radius 2 is 1.90 bits per heavy atom. The average Bonchev–Trinajstić information content (AvgIpc) is 2.67. The topological polar surface area (TPSA) is 118 Å². The minimum absolute atomic E-state index is 0.0638. The first-order valence-corrected chi connectivity index (χ1v) is 9.27. The van der Waals surface area contributed by atoms with Gasteiger partial charge in [0.2, 0.25) is 10.0 Å². The number of carboxylic acids is 1. The SMILES string of the molecule is O=C(O)c1ccc(CS(=O)(=O)NC2C=CS(=O)(=O)C2)cc1. The molecule has 0 saturated carbocycles. The average molecular weight is 331 g/mol. The normalized spacial score (nSPS) is 20.5. The summed E-state index contributed by atoms with van der Waals surface area (Å²) in [5.74, 6) is -1.73. The summed E-state index contributed by atoms with van der Waals surface area (Å²) < 4.78 is 48.6. The van der Waals surface area contributed by atoms with Crippen LogP contribution in [0.2, 0.25) is 0 Å². The molecule has 0 aromatic heterocycles. The van der Waals surface area contributed by atoms with Crippen LogP contribution in [0.25, 0.3) is 0 Å². The first-order valence-electron chi connectivity index (χ1n) is 5.90. The Morgan fingerprint density at radius 3 is 2.38 bits per heavy atom. The van der Waals surface area contributed by atoms with Crippen molar-refractivity contribution >= 4 is 25.8 Å². The van der Waals surface area contributed by atoms with Gasteiger partial charge >= 0.3 is 5.97 Å². The summed E-state index contributed by atoms with van der Waals surface area (Å²) in [6.07, 6.45) is 1.29. The van der Waals surface area contributed by atoms with Crippen molar-refractivity contribution in [2.24, 2.45) is 0 Å². The van der Waals surface area contributed by atoms with E-state index in [4.69, 9.17) is 5.11 Å². The maximum absolute atomic E-state index is 11.9. The number of hydrogen-bond donors (Lipinski definition) is 2. The van der Waals surface area contributed by atoms with Crippen molar-refractivity contribution in [3.8, 4) is 0 Å². The summed E-state index contributed by atoms with van der Waals surface area (Å²) in [7, 11) is -7.04. The molecule has 1 aromatic rings. The van der Waals surface area contributed by atoms with Crippen molar-refractivity contribution in [3.05, 3.63) is 46.9 Å². The lowest BCUT2D eigenvalue weighted by Crippen LogP contribution is -2.36. The van der Waals surface area contributed by atoms with Crippen LogP contribution in [0, 0.1) is 0 Å². The van der Waals surface area contributed by atoms with Gasteiger partial charge in [-0.15, -0.1) is 0 Å². The molecule has 1 aliphatic rings. The second-order valence-corrected chi connectivity index (χ2v) is 8.33. The Balaban J connectivity index is 2.04. The zero-order valence-electron chi connectivity index (χ0n) is 10.8. The van der Waals surface area contributed by atoms with E-state index in [1.165, 1.54) is 30.3 Å². The highest BCUT2D eigenvalue weighted by molar-refractivity contribution is 7.94. The molecule has 1 aliphatic heterocycles. The fourth-order valence-electron chi connectivity index (χ4n) is 1.88. The number of carbonyl (C=O) groups is 1. The van der Waals surface area contributed by atoms with E-state index >= 15 is 0 Å². The van der Waals surface area contributed by atoms with Crippen molar-refractivity contribution in [2.75, 3.05) is 5.75 Å². The molecule has 0 bridgehead atoms. The van der Waals surface area contributed by atoms with E-state index in [1.54, 1.807) is 0 Å². The molecular weight excluding hydrogens is 318 g/mol. The number of benzene rings is 1. The smallest absolute Gasteiger partial charge is 0.335 e. The van der Waals surface area contributed by atoms with E-state index in [9.17, 15) is 21.6 Å². The van der Waals surface area contributed by atoms with Crippen LogP contribution in [0.15, 0.2) is 35.7 Å². The van der Waals surface area contributed by atoms with E-state index in [0.29, 0.717) is 5.56 Å². The number of hydrogen-bond acceptors (Lipinski definition) is 5. The number of sulfone groups is 1. The molecule has 0 radical (unpaired) electrons. The Bertz CT molecular complexity index is 778. The Labute approximate surface area is 122 Å². The molecule has 114 valence electrons. The summed E-state index contributed by atoms with van der Waals surface area (Å²) in [5, 5.41) is 9.74. The second kappa shape index (κ2) is 5.58. The van der Waals surface area contributed by atoms with Crippen LogP contribution >= 0.6 is 0 Å². The molecule has 1 aromatic carbocycles.